The molecule has 3 aromatic rings. The lowest BCUT2D eigenvalue weighted by Gasteiger charge is -2.28. The molecule has 30 heavy (non-hydrogen) atoms. The van der Waals surface area contributed by atoms with Crippen LogP contribution in [0.5, 0.6) is 0 Å². The summed E-state index contributed by atoms with van der Waals surface area (Å²) in [4.78, 5) is 27.8. The summed E-state index contributed by atoms with van der Waals surface area (Å²) in [5, 5.41) is 0. The van der Waals surface area contributed by atoms with Gasteiger partial charge in [-0.1, -0.05) is 36.4 Å². The van der Waals surface area contributed by atoms with Gasteiger partial charge in [-0.2, -0.15) is 0 Å². The molecule has 5 heteroatoms. The van der Waals surface area contributed by atoms with Gasteiger partial charge in [-0.15, -0.1) is 11.3 Å². The van der Waals surface area contributed by atoms with Crippen LogP contribution in [0.15, 0.2) is 53.3 Å². The molecule has 2 heterocycles. The minimum atomic E-state index is -0.0811. The van der Waals surface area contributed by atoms with Gasteiger partial charge in [0.05, 0.1) is 4.53 Å². The number of benzene rings is 2. The first-order chi connectivity index (χ1) is 14.5. The number of hydrogen-bond acceptors (Lipinski definition) is 4. The minimum Gasteiger partial charge on any atom is -0.372 e. The van der Waals surface area contributed by atoms with Crippen molar-refractivity contribution < 1.29 is 4.79 Å². The maximum atomic E-state index is 12.7. The van der Waals surface area contributed by atoms with E-state index in [9.17, 15) is 9.59 Å². The molecular formula is C25H26N2O2S. The number of carbonyl (C=O) groups is 1. The fraction of sp³-hybridized carbons (Fsp3) is 0.280. The second-order valence-corrected chi connectivity index (χ2v) is 8.84. The molecule has 0 N–H and O–H groups in total. The molecule has 0 spiro atoms. The van der Waals surface area contributed by atoms with E-state index in [4.69, 9.17) is 0 Å². The Morgan fingerprint density at radius 2 is 1.70 bits per heavy atom. The Hall–Kier alpha value is -2.92. The summed E-state index contributed by atoms with van der Waals surface area (Å²) < 4.78 is 2.84. The molecule has 1 saturated heterocycles. The summed E-state index contributed by atoms with van der Waals surface area (Å²) >= 11 is 1.35. The number of aryl methyl sites for hydroxylation is 1. The van der Waals surface area contributed by atoms with Crippen molar-refractivity contribution in [2.24, 2.45) is 7.05 Å². The number of ketones is 1. The van der Waals surface area contributed by atoms with Crippen molar-refractivity contribution in [3.8, 4) is 0 Å². The highest BCUT2D eigenvalue weighted by molar-refractivity contribution is 7.07. The van der Waals surface area contributed by atoms with Crippen LogP contribution < -0.4 is 19.7 Å². The summed E-state index contributed by atoms with van der Waals surface area (Å²) in [7, 11) is 1.71. The molecule has 0 unspecified atom stereocenters. The Morgan fingerprint density at radius 3 is 2.40 bits per heavy atom. The van der Waals surface area contributed by atoms with Crippen molar-refractivity contribution in [1.82, 2.24) is 4.57 Å². The molecule has 1 aromatic heterocycles. The third kappa shape index (κ3) is 4.31. The van der Waals surface area contributed by atoms with Crippen LogP contribution in [0.4, 0.5) is 5.69 Å². The molecule has 0 aliphatic carbocycles. The Balaban J connectivity index is 1.64. The molecule has 4 rings (SSSR count). The Morgan fingerprint density at radius 1 is 1.00 bits per heavy atom. The van der Waals surface area contributed by atoms with E-state index in [2.05, 4.69) is 29.2 Å². The van der Waals surface area contributed by atoms with Crippen molar-refractivity contribution in [1.29, 1.82) is 0 Å². The Bertz CT molecular complexity index is 1230. The van der Waals surface area contributed by atoms with Gasteiger partial charge >= 0.3 is 0 Å². The molecule has 1 aliphatic rings. The molecule has 0 radical (unpaired) electrons. The SMILES string of the molecule is Cc1ccccc1C(=O)/C=c1\s/c(=C\c2ccc(N3CCCCC3)cc2)c(=O)n1C. The third-order valence-corrected chi connectivity index (χ3v) is 6.75. The standard InChI is InChI=1S/C25H26N2O2S/c1-18-8-4-5-9-21(18)22(28)17-24-26(2)25(29)23(30-24)16-19-10-12-20(13-11-19)27-14-6-3-7-15-27/h4-5,8-13,16-17H,3,6-7,14-15H2,1-2H3/b23-16-,24-17-. The molecular weight excluding hydrogens is 392 g/mol. The number of rotatable bonds is 4. The van der Waals surface area contributed by atoms with E-state index < -0.39 is 0 Å². The van der Waals surface area contributed by atoms with Gasteiger partial charge in [0.2, 0.25) is 0 Å². The van der Waals surface area contributed by atoms with E-state index in [1.807, 2.05) is 37.3 Å². The topological polar surface area (TPSA) is 42.3 Å². The van der Waals surface area contributed by atoms with Crippen LogP contribution in [-0.2, 0) is 7.05 Å². The monoisotopic (exact) mass is 418 g/mol. The molecule has 0 amide bonds. The average molecular weight is 419 g/mol. The summed E-state index contributed by atoms with van der Waals surface area (Å²) in [6.07, 6.45) is 7.28. The lowest BCUT2D eigenvalue weighted by molar-refractivity contribution is 0.106. The number of nitrogens with zero attached hydrogens (tertiary/aromatic N) is 2. The zero-order valence-corrected chi connectivity index (χ0v) is 18.2. The minimum absolute atomic E-state index is 0.0797. The second kappa shape index (κ2) is 8.84. The van der Waals surface area contributed by atoms with Crippen LogP contribution in [0.25, 0.3) is 12.2 Å². The van der Waals surface area contributed by atoms with Crippen LogP contribution in [0.2, 0.25) is 0 Å². The van der Waals surface area contributed by atoms with Crippen molar-refractivity contribution in [3.63, 3.8) is 0 Å². The second-order valence-electron chi connectivity index (χ2n) is 7.78. The van der Waals surface area contributed by atoms with Crippen molar-refractivity contribution in [2.75, 3.05) is 18.0 Å². The maximum absolute atomic E-state index is 12.7. The van der Waals surface area contributed by atoms with Gasteiger partial charge in [-0.25, -0.2) is 0 Å². The predicted octanol–water partition coefficient (Wildman–Crippen LogP) is 3.24. The molecule has 154 valence electrons. The van der Waals surface area contributed by atoms with Gasteiger partial charge in [-0.3, -0.25) is 9.59 Å². The van der Waals surface area contributed by atoms with Gasteiger partial charge in [-0.05, 0) is 55.5 Å². The average Bonchev–Trinajstić information content (AvgIpc) is 3.03. The van der Waals surface area contributed by atoms with Gasteiger partial charge < -0.3 is 9.47 Å². The molecule has 2 aromatic carbocycles. The lowest BCUT2D eigenvalue weighted by atomic mass is 10.1. The molecule has 0 atom stereocenters. The molecule has 1 fully saturated rings. The third-order valence-electron chi connectivity index (χ3n) is 5.64. The fourth-order valence-electron chi connectivity index (χ4n) is 3.83. The maximum Gasteiger partial charge on any atom is 0.268 e. The predicted molar refractivity (Wildman–Crippen MR) is 125 cm³/mol. The van der Waals surface area contributed by atoms with Gasteiger partial charge in [0.1, 0.15) is 4.66 Å². The fourth-order valence-corrected chi connectivity index (χ4v) is 4.86. The van der Waals surface area contributed by atoms with Crippen LogP contribution in [0, 0.1) is 6.92 Å². The smallest absolute Gasteiger partial charge is 0.268 e. The summed E-state index contributed by atoms with van der Waals surface area (Å²) in [6, 6.07) is 15.9. The number of anilines is 1. The van der Waals surface area contributed by atoms with Crippen molar-refractivity contribution >= 4 is 35.0 Å². The van der Waals surface area contributed by atoms with Crippen LogP contribution >= 0.6 is 11.3 Å². The van der Waals surface area contributed by atoms with Crippen molar-refractivity contribution in [2.45, 2.75) is 26.2 Å². The van der Waals surface area contributed by atoms with Crippen LogP contribution in [0.1, 0.15) is 40.7 Å². The number of aromatic nitrogens is 1. The van der Waals surface area contributed by atoms with Gasteiger partial charge in [0.15, 0.2) is 5.78 Å². The number of Topliss-reactive ketones (excluding diaryl/α,β-unsaturated/α-hetero) is 1. The highest BCUT2D eigenvalue weighted by Crippen LogP contribution is 2.20. The van der Waals surface area contributed by atoms with E-state index in [0.717, 1.165) is 24.2 Å². The van der Waals surface area contributed by atoms with E-state index in [1.54, 1.807) is 17.7 Å². The zero-order valence-electron chi connectivity index (χ0n) is 17.4. The van der Waals surface area contributed by atoms with E-state index >= 15 is 0 Å². The Labute approximate surface area is 180 Å². The summed E-state index contributed by atoms with van der Waals surface area (Å²) in [5.74, 6) is -0.0811. The van der Waals surface area contributed by atoms with Crippen LogP contribution in [-0.4, -0.2) is 23.4 Å². The molecule has 4 nitrogen and oxygen atoms in total. The molecule has 1 aliphatic heterocycles. The number of carbonyl (C=O) groups excluding carboxylic acids is 1. The zero-order chi connectivity index (χ0) is 21.1. The highest BCUT2D eigenvalue weighted by atomic mass is 32.1. The highest BCUT2D eigenvalue weighted by Gasteiger charge is 2.11. The summed E-state index contributed by atoms with van der Waals surface area (Å²) in [5.41, 5.74) is 3.75. The first-order valence-electron chi connectivity index (χ1n) is 10.4. The van der Waals surface area contributed by atoms with Gasteiger partial charge in [0.25, 0.3) is 5.56 Å². The molecule has 0 saturated carbocycles. The normalized spacial score (nSPS) is 15.6. The largest absolute Gasteiger partial charge is 0.372 e. The number of hydrogen-bond donors (Lipinski definition) is 0. The van der Waals surface area contributed by atoms with Gasteiger partial charge in [0, 0.05) is 37.5 Å². The first-order valence-corrected chi connectivity index (χ1v) is 11.2. The van der Waals surface area contributed by atoms with E-state index in [1.165, 1.54) is 36.3 Å². The lowest BCUT2D eigenvalue weighted by Crippen LogP contribution is -2.29. The quantitative estimate of drug-likeness (QED) is 0.611. The van der Waals surface area contributed by atoms with E-state index in [-0.39, 0.29) is 11.3 Å². The van der Waals surface area contributed by atoms with Crippen LogP contribution in [0.3, 0.4) is 0 Å². The Kier molecular flexibility index (Phi) is 6.00. The number of thiazole rings is 1. The summed E-state index contributed by atoms with van der Waals surface area (Å²) in [6.45, 7) is 4.15. The van der Waals surface area contributed by atoms with E-state index in [0.29, 0.717) is 14.8 Å². The van der Waals surface area contributed by atoms with Crippen molar-refractivity contribution in [3.05, 3.63) is 84.8 Å². The molecule has 0 bridgehead atoms. The first kappa shape index (κ1) is 20.4. The number of piperidine rings is 1.